The van der Waals surface area contributed by atoms with Crippen LogP contribution in [0.5, 0.6) is 5.75 Å². The van der Waals surface area contributed by atoms with Gasteiger partial charge in [0.2, 0.25) is 0 Å². The summed E-state index contributed by atoms with van der Waals surface area (Å²) in [6.45, 7) is 6.26. The van der Waals surface area contributed by atoms with Crippen LogP contribution in [0.2, 0.25) is 0 Å². The van der Waals surface area contributed by atoms with E-state index in [-0.39, 0.29) is 18.0 Å². The molecule has 1 aliphatic rings. The molecule has 4 heteroatoms. The molecule has 1 aliphatic heterocycles. The van der Waals surface area contributed by atoms with Crippen molar-refractivity contribution in [1.82, 2.24) is 5.32 Å². The SMILES string of the molecule is CCNC(C)c1ccc(F)cc1OCC1CCCO1. The van der Waals surface area contributed by atoms with Crippen LogP contribution in [0.25, 0.3) is 0 Å². The molecule has 2 rings (SSSR count). The number of ether oxygens (including phenoxy) is 2. The van der Waals surface area contributed by atoms with Gasteiger partial charge in [-0.1, -0.05) is 13.0 Å². The summed E-state index contributed by atoms with van der Waals surface area (Å²) in [5, 5.41) is 3.32. The van der Waals surface area contributed by atoms with Gasteiger partial charge in [0.25, 0.3) is 0 Å². The van der Waals surface area contributed by atoms with E-state index in [1.807, 2.05) is 6.92 Å². The first-order valence-corrected chi connectivity index (χ1v) is 6.98. The average Bonchev–Trinajstić information content (AvgIpc) is 2.89. The second kappa shape index (κ2) is 6.87. The highest BCUT2D eigenvalue weighted by Crippen LogP contribution is 2.27. The van der Waals surface area contributed by atoms with Gasteiger partial charge >= 0.3 is 0 Å². The van der Waals surface area contributed by atoms with Crippen LogP contribution in [0.3, 0.4) is 0 Å². The van der Waals surface area contributed by atoms with Gasteiger partial charge in [-0.05, 0) is 32.4 Å². The van der Waals surface area contributed by atoms with Gasteiger partial charge in [-0.25, -0.2) is 4.39 Å². The van der Waals surface area contributed by atoms with Crippen LogP contribution >= 0.6 is 0 Å². The Balaban J connectivity index is 2.05. The molecule has 19 heavy (non-hydrogen) atoms. The first kappa shape index (κ1) is 14.3. The molecule has 0 saturated carbocycles. The van der Waals surface area contributed by atoms with Crippen molar-refractivity contribution < 1.29 is 13.9 Å². The van der Waals surface area contributed by atoms with Crippen LogP contribution in [-0.4, -0.2) is 25.9 Å². The van der Waals surface area contributed by atoms with Gasteiger partial charge < -0.3 is 14.8 Å². The van der Waals surface area contributed by atoms with Crippen molar-refractivity contribution in [3.05, 3.63) is 29.6 Å². The Labute approximate surface area is 114 Å². The summed E-state index contributed by atoms with van der Waals surface area (Å²) in [4.78, 5) is 0. The molecule has 1 aromatic rings. The molecular weight excluding hydrogens is 245 g/mol. The molecule has 1 fully saturated rings. The maximum atomic E-state index is 13.4. The van der Waals surface area contributed by atoms with Crippen molar-refractivity contribution in [1.29, 1.82) is 0 Å². The molecule has 106 valence electrons. The molecule has 2 unspecified atom stereocenters. The predicted octanol–water partition coefficient (Wildman–Crippen LogP) is 3.05. The average molecular weight is 267 g/mol. The van der Waals surface area contributed by atoms with Crippen molar-refractivity contribution in [2.45, 2.75) is 38.8 Å². The smallest absolute Gasteiger partial charge is 0.127 e. The Morgan fingerprint density at radius 1 is 1.53 bits per heavy atom. The fourth-order valence-corrected chi connectivity index (χ4v) is 2.37. The van der Waals surface area contributed by atoms with Crippen molar-refractivity contribution >= 4 is 0 Å². The maximum Gasteiger partial charge on any atom is 0.127 e. The Kier molecular flexibility index (Phi) is 5.16. The zero-order chi connectivity index (χ0) is 13.7. The lowest BCUT2D eigenvalue weighted by Gasteiger charge is -2.19. The molecule has 1 saturated heterocycles. The zero-order valence-electron chi connectivity index (χ0n) is 11.6. The van der Waals surface area contributed by atoms with Gasteiger partial charge in [0.15, 0.2) is 0 Å². The monoisotopic (exact) mass is 267 g/mol. The summed E-state index contributed by atoms with van der Waals surface area (Å²) in [6.07, 6.45) is 2.25. The van der Waals surface area contributed by atoms with Gasteiger partial charge in [-0.2, -0.15) is 0 Å². The summed E-state index contributed by atoms with van der Waals surface area (Å²) >= 11 is 0. The van der Waals surface area contributed by atoms with Crippen molar-refractivity contribution in [2.75, 3.05) is 19.8 Å². The van der Waals surface area contributed by atoms with E-state index in [2.05, 4.69) is 12.2 Å². The van der Waals surface area contributed by atoms with E-state index in [1.54, 1.807) is 6.07 Å². The molecule has 0 aliphatic carbocycles. The number of hydrogen-bond donors (Lipinski definition) is 1. The fourth-order valence-electron chi connectivity index (χ4n) is 2.37. The van der Waals surface area contributed by atoms with Gasteiger partial charge in [0.05, 0.1) is 6.10 Å². The Hall–Kier alpha value is -1.13. The van der Waals surface area contributed by atoms with Gasteiger partial charge in [0.1, 0.15) is 18.2 Å². The highest BCUT2D eigenvalue weighted by molar-refractivity contribution is 5.36. The predicted molar refractivity (Wildman–Crippen MR) is 73.0 cm³/mol. The number of rotatable bonds is 6. The van der Waals surface area contributed by atoms with Crippen molar-refractivity contribution in [3.8, 4) is 5.75 Å². The molecule has 0 spiro atoms. The lowest BCUT2D eigenvalue weighted by atomic mass is 10.1. The number of hydrogen-bond acceptors (Lipinski definition) is 3. The van der Waals surface area contributed by atoms with E-state index in [0.29, 0.717) is 12.4 Å². The maximum absolute atomic E-state index is 13.4. The molecular formula is C15H22FNO2. The lowest BCUT2D eigenvalue weighted by molar-refractivity contribution is 0.0673. The Morgan fingerprint density at radius 3 is 3.05 bits per heavy atom. The van der Waals surface area contributed by atoms with Crippen LogP contribution in [0, 0.1) is 5.82 Å². The molecule has 3 nitrogen and oxygen atoms in total. The minimum absolute atomic E-state index is 0.144. The first-order chi connectivity index (χ1) is 9.20. The van der Waals surface area contributed by atoms with Crippen LogP contribution in [0.15, 0.2) is 18.2 Å². The minimum Gasteiger partial charge on any atom is -0.490 e. The summed E-state index contributed by atoms with van der Waals surface area (Å²) < 4.78 is 24.6. The van der Waals surface area contributed by atoms with Crippen LogP contribution in [0.1, 0.15) is 38.3 Å². The van der Waals surface area contributed by atoms with Gasteiger partial charge in [0, 0.05) is 24.3 Å². The van der Waals surface area contributed by atoms with Crippen LogP contribution < -0.4 is 10.1 Å². The third-order valence-corrected chi connectivity index (χ3v) is 3.40. The first-order valence-electron chi connectivity index (χ1n) is 6.98. The van der Waals surface area contributed by atoms with Crippen molar-refractivity contribution in [2.24, 2.45) is 0 Å². The normalized spacial score (nSPS) is 20.5. The van der Waals surface area contributed by atoms with Crippen molar-refractivity contribution in [3.63, 3.8) is 0 Å². The van der Waals surface area contributed by atoms with E-state index in [4.69, 9.17) is 9.47 Å². The Morgan fingerprint density at radius 2 is 2.37 bits per heavy atom. The van der Waals surface area contributed by atoms with E-state index >= 15 is 0 Å². The van der Waals surface area contributed by atoms with E-state index in [0.717, 1.165) is 31.6 Å². The number of nitrogens with one attached hydrogen (secondary N) is 1. The highest BCUT2D eigenvalue weighted by atomic mass is 19.1. The van der Waals surface area contributed by atoms with E-state index in [1.165, 1.54) is 12.1 Å². The molecule has 0 bridgehead atoms. The zero-order valence-corrected chi connectivity index (χ0v) is 11.6. The summed E-state index contributed by atoms with van der Waals surface area (Å²) in [7, 11) is 0. The second-order valence-electron chi connectivity index (χ2n) is 4.91. The van der Waals surface area contributed by atoms with Gasteiger partial charge in [-0.15, -0.1) is 0 Å². The minimum atomic E-state index is -0.269. The molecule has 2 atom stereocenters. The van der Waals surface area contributed by atoms with Gasteiger partial charge in [-0.3, -0.25) is 0 Å². The largest absolute Gasteiger partial charge is 0.490 e. The highest BCUT2D eigenvalue weighted by Gasteiger charge is 2.18. The molecule has 1 heterocycles. The number of halogens is 1. The second-order valence-corrected chi connectivity index (χ2v) is 4.91. The van der Waals surface area contributed by atoms with Crippen LogP contribution in [0.4, 0.5) is 4.39 Å². The standard InChI is InChI=1S/C15H22FNO2/c1-3-17-11(2)14-7-6-12(16)9-15(14)19-10-13-5-4-8-18-13/h6-7,9,11,13,17H,3-5,8,10H2,1-2H3. The van der Waals surface area contributed by atoms with E-state index in [9.17, 15) is 4.39 Å². The fraction of sp³-hybridized carbons (Fsp3) is 0.600. The van der Waals surface area contributed by atoms with E-state index < -0.39 is 0 Å². The molecule has 0 radical (unpaired) electrons. The summed E-state index contributed by atoms with van der Waals surface area (Å²) in [5.74, 6) is 0.346. The third-order valence-electron chi connectivity index (χ3n) is 3.40. The molecule has 0 amide bonds. The molecule has 1 aromatic carbocycles. The number of benzene rings is 1. The molecule has 1 N–H and O–H groups in total. The quantitative estimate of drug-likeness (QED) is 0.859. The Bertz CT molecular complexity index is 405. The summed E-state index contributed by atoms with van der Waals surface area (Å²) in [6, 6.07) is 4.86. The van der Waals surface area contributed by atoms with Crippen LogP contribution in [-0.2, 0) is 4.74 Å². The molecule has 0 aromatic heterocycles. The summed E-state index contributed by atoms with van der Waals surface area (Å²) in [5.41, 5.74) is 0.987. The third kappa shape index (κ3) is 3.91. The topological polar surface area (TPSA) is 30.5 Å². The lowest BCUT2D eigenvalue weighted by Crippen LogP contribution is -2.21.